The highest BCUT2D eigenvalue weighted by Gasteiger charge is 2.23. The first-order valence-electron chi connectivity index (χ1n) is 7.48. The number of aromatic nitrogens is 4. The van der Waals surface area contributed by atoms with Crippen molar-refractivity contribution in [3.63, 3.8) is 0 Å². The third-order valence-corrected chi connectivity index (χ3v) is 3.49. The van der Waals surface area contributed by atoms with Gasteiger partial charge in [0.15, 0.2) is 5.65 Å². The second-order valence-corrected chi connectivity index (χ2v) is 7.28. The Kier molecular flexibility index (Phi) is 4.19. The second kappa shape index (κ2) is 5.68. The van der Waals surface area contributed by atoms with Crippen molar-refractivity contribution >= 4 is 23.0 Å². The van der Waals surface area contributed by atoms with Gasteiger partial charge in [0.2, 0.25) is 5.95 Å². The lowest BCUT2D eigenvalue weighted by molar-refractivity contribution is -0.137. The van der Waals surface area contributed by atoms with Crippen molar-refractivity contribution in [2.75, 3.05) is 5.32 Å². The molecule has 8 heteroatoms. The molecule has 2 aromatic rings. The van der Waals surface area contributed by atoms with Crippen molar-refractivity contribution in [2.24, 2.45) is 0 Å². The second-order valence-electron chi connectivity index (χ2n) is 7.28. The van der Waals surface area contributed by atoms with Gasteiger partial charge in [-0.15, -0.1) is 0 Å². The molecule has 0 unspecified atom stereocenters. The molecule has 2 rings (SSSR count). The highest BCUT2D eigenvalue weighted by atomic mass is 16.4. The van der Waals surface area contributed by atoms with Crippen LogP contribution in [-0.4, -0.2) is 36.4 Å². The summed E-state index contributed by atoms with van der Waals surface area (Å²) >= 11 is 0. The van der Waals surface area contributed by atoms with Gasteiger partial charge >= 0.3 is 5.97 Å². The van der Waals surface area contributed by atoms with Gasteiger partial charge in [0.25, 0.3) is 5.56 Å². The number of nitrogens with one attached hydrogen (secondary N) is 2. The van der Waals surface area contributed by atoms with Crippen molar-refractivity contribution in [1.82, 2.24) is 19.7 Å². The number of hydrogen-bond donors (Lipinski definition) is 3. The van der Waals surface area contributed by atoms with Crippen molar-refractivity contribution in [3.05, 3.63) is 16.6 Å². The first kappa shape index (κ1) is 17.0. The van der Waals surface area contributed by atoms with Crippen LogP contribution in [0.4, 0.5) is 5.95 Å². The average Bonchev–Trinajstić information content (AvgIpc) is 2.80. The number of carbonyl (C=O) groups is 1. The average molecular weight is 321 g/mol. The molecule has 0 aliphatic heterocycles. The van der Waals surface area contributed by atoms with Gasteiger partial charge in [-0.25, -0.2) is 4.68 Å². The Bertz CT molecular complexity index is 782. The van der Waals surface area contributed by atoms with E-state index in [-0.39, 0.29) is 17.5 Å². The SMILES string of the molecule is CC(C)(CCC(=O)O)Nc1nc2c(cnn2C(C)(C)C)c(=O)[nH]1. The van der Waals surface area contributed by atoms with Crippen LogP contribution in [0.15, 0.2) is 11.0 Å². The fourth-order valence-electron chi connectivity index (χ4n) is 2.27. The van der Waals surface area contributed by atoms with Gasteiger partial charge in [-0.3, -0.25) is 14.6 Å². The maximum absolute atomic E-state index is 12.2. The molecule has 2 aromatic heterocycles. The monoisotopic (exact) mass is 321 g/mol. The fraction of sp³-hybridized carbons (Fsp3) is 0.600. The number of carboxylic acids is 1. The molecule has 0 radical (unpaired) electrons. The molecule has 0 aliphatic rings. The number of rotatable bonds is 5. The molecule has 126 valence electrons. The van der Waals surface area contributed by atoms with Gasteiger partial charge in [0, 0.05) is 12.0 Å². The molecule has 0 atom stereocenters. The Morgan fingerprint density at radius 2 is 2.00 bits per heavy atom. The third-order valence-electron chi connectivity index (χ3n) is 3.49. The van der Waals surface area contributed by atoms with Crippen molar-refractivity contribution in [1.29, 1.82) is 0 Å². The summed E-state index contributed by atoms with van der Waals surface area (Å²) in [5, 5.41) is 16.6. The van der Waals surface area contributed by atoms with E-state index in [4.69, 9.17) is 5.11 Å². The summed E-state index contributed by atoms with van der Waals surface area (Å²) < 4.78 is 1.70. The maximum Gasteiger partial charge on any atom is 0.303 e. The van der Waals surface area contributed by atoms with E-state index in [0.29, 0.717) is 23.4 Å². The van der Waals surface area contributed by atoms with Crippen LogP contribution in [-0.2, 0) is 10.3 Å². The molecular weight excluding hydrogens is 298 g/mol. The summed E-state index contributed by atoms with van der Waals surface area (Å²) in [6, 6.07) is 0. The molecule has 3 N–H and O–H groups in total. The predicted molar refractivity (Wildman–Crippen MR) is 87.7 cm³/mol. The molecule has 0 aromatic carbocycles. The van der Waals surface area contributed by atoms with E-state index >= 15 is 0 Å². The van der Waals surface area contributed by atoms with Crippen LogP contribution in [0.3, 0.4) is 0 Å². The Labute approximate surface area is 133 Å². The van der Waals surface area contributed by atoms with Crippen LogP contribution >= 0.6 is 0 Å². The Balaban J connectivity index is 2.39. The topological polar surface area (TPSA) is 113 Å². The van der Waals surface area contributed by atoms with Crippen molar-refractivity contribution < 1.29 is 9.90 Å². The van der Waals surface area contributed by atoms with Gasteiger partial charge in [-0.05, 0) is 41.0 Å². The molecule has 2 heterocycles. The smallest absolute Gasteiger partial charge is 0.303 e. The van der Waals surface area contributed by atoms with E-state index in [9.17, 15) is 9.59 Å². The van der Waals surface area contributed by atoms with Crippen LogP contribution in [0.25, 0.3) is 11.0 Å². The Morgan fingerprint density at radius 3 is 2.57 bits per heavy atom. The molecule has 0 saturated heterocycles. The number of H-pyrrole nitrogens is 1. The summed E-state index contributed by atoms with van der Waals surface area (Å²) in [5.41, 5.74) is -0.604. The summed E-state index contributed by atoms with van der Waals surface area (Å²) in [7, 11) is 0. The quantitative estimate of drug-likeness (QED) is 0.775. The minimum absolute atomic E-state index is 0.0341. The van der Waals surface area contributed by atoms with Crippen LogP contribution in [0.1, 0.15) is 47.5 Å². The van der Waals surface area contributed by atoms with Gasteiger partial charge in [-0.2, -0.15) is 10.1 Å². The minimum Gasteiger partial charge on any atom is -0.481 e. The van der Waals surface area contributed by atoms with Gasteiger partial charge in [0.05, 0.1) is 11.7 Å². The first-order valence-corrected chi connectivity index (χ1v) is 7.48. The normalized spacial score (nSPS) is 12.6. The summed E-state index contributed by atoms with van der Waals surface area (Å²) in [4.78, 5) is 30.1. The summed E-state index contributed by atoms with van der Waals surface area (Å²) in [6.07, 6.45) is 1.95. The van der Waals surface area contributed by atoms with Gasteiger partial charge in [-0.1, -0.05) is 0 Å². The Morgan fingerprint density at radius 1 is 1.35 bits per heavy atom. The van der Waals surface area contributed by atoms with E-state index in [1.807, 2.05) is 34.6 Å². The lowest BCUT2D eigenvalue weighted by Gasteiger charge is -2.26. The molecule has 23 heavy (non-hydrogen) atoms. The molecule has 0 amide bonds. The zero-order valence-electron chi connectivity index (χ0n) is 14.1. The highest BCUT2D eigenvalue weighted by Crippen LogP contribution is 2.21. The zero-order chi connectivity index (χ0) is 17.4. The van der Waals surface area contributed by atoms with Gasteiger partial charge < -0.3 is 10.4 Å². The molecule has 0 saturated carbocycles. The first-order chi connectivity index (χ1) is 10.5. The van der Waals surface area contributed by atoms with Crippen LogP contribution < -0.4 is 10.9 Å². The third kappa shape index (κ3) is 3.88. The van der Waals surface area contributed by atoms with E-state index < -0.39 is 11.5 Å². The number of nitrogens with zero attached hydrogens (tertiary/aromatic N) is 3. The number of hydrogen-bond acceptors (Lipinski definition) is 5. The van der Waals surface area contributed by atoms with E-state index in [2.05, 4.69) is 20.4 Å². The molecule has 0 spiro atoms. The largest absolute Gasteiger partial charge is 0.481 e. The number of aromatic amines is 1. The van der Waals surface area contributed by atoms with Crippen molar-refractivity contribution in [2.45, 2.75) is 58.5 Å². The number of carboxylic acid groups (broad SMARTS) is 1. The molecule has 8 nitrogen and oxygen atoms in total. The number of fused-ring (bicyclic) bond motifs is 1. The maximum atomic E-state index is 12.2. The van der Waals surface area contributed by atoms with E-state index in [0.717, 1.165) is 0 Å². The standard InChI is InChI=1S/C15H23N5O3/c1-14(2,3)20-11-9(8-16-20)12(23)18-13(17-11)19-15(4,5)7-6-10(21)22/h8H,6-7H2,1-5H3,(H,21,22)(H2,17,18,19,23). The van der Waals surface area contributed by atoms with Crippen LogP contribution in [0.2, 0.25) is 0 Å². The van der Waals surface area contributed by atoms with Crippen LogP contribution in [0.5, 0.6) is 0 Å². The Hall–Kier alpha value is -2.38. The minimum atomic E-state index is -0.859. The number of aliphatic carboxylic acids is 1. The zero-order valence-corrected chi connectivity index (χ0v) is 14.1. The van der Waals surface area contributed by atoms with E-state index in [1.54, 1.807) is 4.68 Å². The summed E-state index contributed by atoms with van der Waals surface area (Å²) in [6.45, 7) is 9.66. The summed E-state index contributed by atoms with van der Waals surface area (Å²) in [5.74, 6) is -0.550. The van der Waals surface area contributed by atoms with Gasteiger partial charge in [0.1, 0.15) is 5.39 Å². The van der Waals surface area contributed by atoms with Crippen LogP contribution in [0, 0.1) is 0 Å². The molecular formula is C15H23N5O3. The lowest BCUT2D eigenvalue weighted by atomic mass is 9.99. The lowest BCUT2D eigenvalue weighted by Crippen LogP contribution is -2.33. The molecule has 0 aliphatic carbocycles. The highest BCUT2D eigenvalue weighted by molar-refractivity contribution is 5.74. The predicted octanol–water partition coefficient (Wildman–Crippen LogP) is 1.93. The van der Waals surface area contributed by atoms with Crippen molar-refractivity contribution in [3.8, 4) is 0 Å². The van der Waals surface area contributed by atoms with E-state index in [1.165, 1.54) is 6.20 Å². The number of anilines is 1. The fourth-order valence-corrected chi connectivity index (χ4v) is 2.27. The molecule has 0 bridgehead atoms. The molecule has 0 fully saturated rings.